The lowest BCUT2D eigenvalue weighted by molar-refractivity contribution is 0.443. The number of anilines is 1. The number of rotatable bonds is 3. The SMILES string of the molecule is O=c1c(C2=NS(O)(O)c3ccccc3N2)c(O)c2sccc2n1/N=C/C1CCCCC1. The third-order valence-electron chi connectivity index (χ3n) is 5.66. The molecule has 31 heavy (non-hydrogen) atoms. The smallest absolute Gasteiger partial charge is 0.286 e. The summed E-state index contributed by atoms with van der Waals surface area (Å²) >= 11 is 1.28. The van der Waals surface area contributed by atoms with Crippen LogP contribution in [0.1, 0.15) is 37.7 Å². The number of fused-ring (bicyclic) bond motifs is 2. The van der Waals surface area contributed by atoms with E-state index in [-0.39, 0.29) is 22.0 Å². The predicted octanol–water partition coefficient (Wildman–Crippen LogP) is 5.08. The van der Waals surface area contributed by atoms with Gasteiger partial charge in [-0.1, -0.05) is 42.2 Å². The van der Waals surface area contributed by atoms with Gasteiger partial charge in [-0.25, -0.2) is 0 Å². The number of thiophene rings is 1. The van der Waals surface area contributed by atoms with Crippen molar-refractivity contribution in [2.24, 2.45) is 15.4 Å². The molecular formula is C21H22N4O4S2. The number of benzene rings is 1. The third-order valence-corrected chi connectivity index (χ3v) is 7.96. The molecule has 0 unspecified atom stereocenters. The van der Waals surface area contributed by atoms with Gasteiger partial charge in [-0.2, -0.15) is 9.78 Å². The summed E-state index contributed by atoms with van der Waals surface area (Å²) in [4.78, 5) is 13.7. The van der Waals surface area contributed by atoms with Crippen molar-refractivity contribution in [2.75, 3.05) is 5.32 Å². The lowest BCUT2D eigenvalue weighted by atomic mass is 9.90. The van der Waals surface area contributed by atoms with Crippen molar-refractivity contribution in [1.29, 1.82) is 0 Å². The largest absolute Gasteiger partial charge is 0.505 e. The van der Waals surface area contributed by atoms with Crippen LogP contribution in [-0.4, -0.2) is 30.9 Å². The fourth-order valence-corrected chi connectivity index (χ4v) is 6.08. The Bertz CT molecular complexity index is 1270. The van der Waals surface area contributed by atoms with Crippen LogP contribution in [0, 0.1) is 5.92 Å². The highest BCUT2D eigenvalue weighted by atomic mass is 32.3. The molecule has 1 saturated carbocycles. The van der Waals surface area contributed by atoms with E-state index in [1.165, 1.54) is 22.4 Å². The van der Waals surface area contributed by atoms with Crippen LogP contribution < -0.4 is 10.9 Å². The topological polar surface area (TPSA) is 119 Å². The standard InChI is InChI=1S/C21H22N4O4S2/c26-18-17(20-23-14-8-4-5-9-16(14)31(28,29)24-20)21(27)25(15-10-11-30-19(15)18)22-12-13-6-2-1-3-7-13/h4-5,8-13,26,28-29H,1-3,6-7H2,(H,23,24)/b22-12+. The summed E-state index contributed by atoms with van der Waals surface area (Å²) in [6.07, 6.45) is 7.43. The molecule has 0 spiro atoms. The molecule has 8 nitrogen and oxygen atoms in total. The quantitative estimate of drug-likeness (QED) is 0.408. The van der Waals surface area contributed by atoms with Crippen molar-refractivity contribution in [3.8, 4) is 5.75 Å². The first-order chi connectivity index (χ1) is 15.0. The normalized spacial score (nSPS) is 19.7. The first-order valence-electron chi connectivity index (χ1n) is 10.1. The molecule has 1 aliphatic heterocycles. The van der Waals surface area contributed by atoms with Crippen LogP contribution in [0.15, 0.2) is 54.9 Å². The van der Waals surface area contributed by atoms with E-state index in [1.54, 1.807) is 35.7 Å². The zero-order chi connectivity index (χ0) is 21.6. The number of nitrogens with one attached hydrogen (secondary N) is 1. The first-order valence-corrected chi connectivity index (χ1v) is 12.5. The first kappa shape index (κ1) is 20.3. The van der Waals surface area contributed by atoms with Crippen LogP contribution in [0.25, 0.3) is 10.2 Å². The molecule has 0 bridgehead atoms. The fourth-order valence-electron chi connectivity index (χ4n) is 4.09. The minimum absolute atomic E-state index is 0.0851. The Kier molecular flexibility index (Phi) is 5.09. The average Bonchev–Trinajstić information content (AvgIpc) is 3.24. The van der Waals surface area contributed by atoms with Gasteiger partial charge in [0.1, 0.15) is 10.5 Å². The molecule has 3 aromatic rings. The van der Waals surface area contributed by atoms with E-state index in [1.807, 2.05) is 6.21 Å². The molecule has 0 radical (unpaired) electrons. The van der Waals surface area contributed by atoms with Crippen molar-refractivity contribution in [3.05, 3.63) is 51.6 Å². The number of aromatic hydroxyl groups is 1. The van der Waals surface area contributed by atoms with Crippen LogP contribution >= 0.6 is 22.1 Å². The lowest BCUT2D eigenvalue weighted by Gasteiger charge is -2.34. The van der Waals surface area contributed by atoms with E-state index < -0.39 is 16.3 Å². The van der Waals surface area contributed by atoms with Crippen molar-refractivity contribution in [2.45, 2.75) is 37.0 Å². The molecule has 2 aromatic heterocycles. The molecule has 5 rings (SSSR count). The van der Waals surface area contributed by atoms with Crippen LogP contribution in [0.4, 0.5) is 5.69 Å². The molecule has 10 heteroatoms. The van der Waals surface area contributed by atoms with Gasteiger partial charge in [0.15, 0.2) is 11.6 Å². The summed E-state index contributed by atoms with van der Waals surface area (Å²) in [5, 5.41) is 20.1. The van der Waals surface area contributed by atoms with E-state index in [0.717, 1.165) is 25.7 Å². The highest BCUT2D eigenvalue weighted by Gasteiger charge is 2.30. The Morgan fingerprint density at radius 3 is 2.77 bits per heavy atom. The van der Waals surface area contributed by atoms with Gasteiger partial charge < -0.3 is 10.4 Å². The van der Waals surface area contributed by atoms with Gasteiger partial charge in [0.2, 0.25) is 0 Å². The minimum Gasteiger partial charge on any atom is -0.505 e. The molecule has 4 N–H and O–H groups in total. The van der Waals surface area contributed by atoms with Gasteiger partial charge in [0.05, 0.1) is 15.9 Å². The molecule has 0 amide bonds. The molecule has 2 aliphatic rings. The highest BCUT2D eigenvalue weighted by Crippen LogP contribution is 2.55. The summed E-state index contributed by atoms with van der Waals surface area (Å²) in [7, 11) is -3.52. The van der Waals surface area contributed by atoms with Crippen LogP contribution in [0.5, 0.6) is 5.75 Å². The van der Waals surface area contributed by atoms with Crippen LogP contribution in [0.3, 0.4) is 0 Å². The predicted molar refractivity (Wildman–Crippen MR) is 126 cm³/mol. The van der Waals surface area contributed by atoms with Crippen molar-refractivity contribution >= 4 is 50.1 Å². The van der Waals surface area contributed by atoms with Gasteiger partial charge in [-0.05, 0) is 42.3 Å². The molecule has 1 fully saturated rings. The number of nitrogens with zero attached hydrogens (tertiary/aromatic N) is 3. The second kappa shape index (κ2) is 7.79. The Labute approximate surface area is 184 Å². The monoisotopic (exact) mass is 458 g/mol. The number of amidine groups is 1. The van der Waals surface area contributed by atoms with Crippen LogP contribution in [0.2, 0.25) is 0 Å². The summed E-state index contributed by atoms with van der Waals surface area (Å²) in [5.74, 6) is -0.0198. The van der Waals surface area contributed by atoms with E-state index >= 15 is 0 Å². The Balaban J connectivity index is 1.66. The van der Waals surface area contributed by atoms with Gasteiger partial charge in [-0.3, -0.25) is 13.9 Å². The number of para-hydroxylation sites is 1. The Morgan fingerprint density at radius 2 is 1.97 bits per heavy atom. The molecule has 0 saturated heterocycles. The number of hydrogen-bond donors (Lipinski definition) is 4. The zero-order valence-corrected chi connectivity index (χ0v) is 18.2. The fraction of sp³-hybridized carbons (Fsp3) is 0.286. The highest BCUT2D eigenvalue weighted by molar-refractivity contribution is 8.23. The molecule has 0 atom stereocenters. The maximum absolute atomic E-state index is 13.4. The van der Waals surface area contributed by atoms with E-state index in [0.29, 0.717) is 21.8 Å². The summed E-state index contributed by atoms with van der Waals surface area (Å²) < 4.78 is 26.9. The molecule has 1 aliphatic carbocycles. The van der Waals surface area contributed by atoms with Gasteiger partial charge >= 0.3 is 0 Å². The number of aromatic nitrogens is 1. The number of pyridine rings is 1. The minimum atomic E-state index is -3.52. The van der Waals surface area contributed by atoms with Crippen molar-refractivity contribution in [1.82, 2.24) is 4.68 Å². The number of hydrogen-bond acceptors (Lipinski definition) is 8. The molecule has 3 heterocycles. The summed E-state index contributed by atoms with van der Waals surface area (Å²) in [6, 6.07) is 8.38. The Morgan fingerprint density at radius 1 is 1.19 bits per heavy atom. The molecular weight excluding hydrogens is 436 g/mol. The van der Waals surface area contributed by atoms with E-state index in [4.69, 9.17) is 0 Å². The summed E-state index contributed by atoms with van der Waals surface area (Å²) in [5.41, 5.74) is 0.225. The average molecular weight is 459 g/mol. The van der Waals surface area contributed by atoms with Gasteiger partial charge in [0.25, 0.3) is 5.56 Å². The van der Waals surface area contributed by atoms with Crippen LogP contribution in [-0.2, 0) is 0 Å². The maximum Gasteiger partial charge on any atom is 0.286 e. The third kappa shape index (κ3) is 3.55. The van der Waals surface area contributed by atoms with Crippen molar-refractivity contribution < 1.29 is 14.2 Å². The zero-order valence-electron chi connectivity index (χ0n) is 16.6. The van der Waals surface area contributed by atoms with Gasteiger partial charge in [-0.15, -0.1) is 15.7 Å². The second-order valence-corrected chi connectivity index (χ2v) is 10.3. The lowest BCUT2D eigenvalue weighted by Crippen LogP contribution is -2.31. The molecule has 1 aromatic carbocycles. The van der Waals surface area contributed by atoms with Gasteiger partial charge in [0, 0.05) is 6.21 Å². The Hall–Kier alpha value is -2.66. The van der Waals surface area contributed by atoms with Crippen molar-refractivity contribution in [3.63, 3.8) is 0 Å². The molecule has 162 valence electrons. The maximum atomic E-state index is 13.4. The van der Waals surface area contributed by atoms with E-state index in [2.05, 4.69) is 14.8 Å². The second-order valence-electron chi connectivity index (χ2n) is 7.72. The van der Waals surface area contributed by atoms with E-state index in [9.17, 15) is 19.0 Å². The summed E-state index contributed by atoms with van der Waals surface area (Å²) in [6.45, 7) is 0.